The first kappa shape index (κ1) is 20.9. The van der Waals surface area contributed by atoms with Crippen LogP contribution in [0.5, 0.6) is 0 Å². The van der Waals surface area contributed by atoms with Crippen molar-refractivity contribution in [1.29, 1.82) is 0 Å². The van der Waals surface area contributed by atoms with E-state index in [2.05, 4.69) is 31.9 Å². The maximum Gasteiger partial charge on any atom is 0.341 e. The summed E-state index contributed by atoms with van der Waals surface area (Å²) < 4.78 is 3.73. The van der Waals surface area contributed by atoms with E-state index in [0.717, 1.165) is 49.7 Å². The van der Waals surface area contributed by atoms with Crippen LogP contribution in [0.15, 0.2) is 57.9 Å². The molecule has 0 amide bonds. The monoisotopic (exact) mass is 509 g/mol. The van der Waals surface area contributed by atoms with Crippen molar-refractivity contribution in [2.75, 3.05) is 18.0 Å². The largest absolute Gasteiger partial charge is 0.477 e. The van der Waals surface area contributed by atoms with Crippen LogP contribution in [0, 0.1) is 6.92 Å². The van der Waals surface area contributed by atoms with Crippen molar-refractivity contribution in [3.63, 3.8) is 0 Å². The number of aromatic carboxylic acids is 1. The average molecular weight is 510 g/mol. The Labute approximate surface area is 196 Å². The molecule has 5 rings (SSSR count). The smallest absolute Gasteiger partial charge is 0.341 e. The first-order valence-corrected chi connectivity index (χ1v) is 11.9. The van der Waals surface area contributed by atoms with E-state index in [4.69, 9.17) is 0 Å². The van der Waals surface area contributed by atoms with Crippen molar-refractivity contribution < 1.29 is 9.90 Å². The zero-order chi connectivity index (χ0) is 22.4. The number of benzene rings is 2. The fraction of sp³-hybridized carbons (Fsp3) is 0.208. The van der Waals surface area contributed by atoms with Crippen LogP contribution in [-0.4, -0.2) is 33.7 Å². The molecule has 8 heteroatoms. The third-order valence-electron chi connectivity index (χ3n) is 5.73. The Morgan fingerprint density at radius 2 is 1.91 bits per heavy atom. The van der Waals surface area contributed by atoms with Crippen molar-refractivity contribution in [3.8, 4) is 16.9 Å². The van der Waals surface area contributed by atoms with Gasteiger partial charge < -0.3 is 14.6 Å². The van der Waals surface area contributed by atoms with Crippen molar-refractivity contribution in [2.45, 2.75) is 19.8 Å². The van der Waals surface area contributed by atoms with Crippen LogP contribution in [0.1, 0.15) is 28.2 Å². The van der Waals surface area contributed by atoms with E-state index in [1.807, 2.05) is 37.3 Å². The molecule has 1 aliphatic rings. The van der Waals surface area contributed by atoms with Crippen LogP contribution >= 0.6 is 27.3 Å². The topological polar surface area (TPSA) is 75.4 Å². The molecule has 1 aliphatic heterocycles. The molecule has 3 heterocycles. The highest BCUT2D eigenvalue weighted by Crippen LogP contribution is 2.34. The Kier molecular flexibility index (Phi) is 5.35. The molecule has 2 aromatic carbocycles. The standard InChI is InChI=1S/C24H20BrN3O3S/c1-14-26-19-6-5-16(11-23(19)32-14)28-13-17(24(30)31)22(29)12-21(28)15-4-7-20(18(25)10-15)27-8-2-3-9-27/h4-7,10-13H,2-3,8-9H2,1H3,(H,30,31). The Morgan fingerprint density at radius 3 is 2.62 bits per heavy atom. The number of carbonyl (C=O) groups is 1. The molecule has 0 unspecified atom stereocenters. The first-order valence-electron chi connectivity index (χ1n) is 10.3. The molecule has 1 fully saturated rings. The zero-order valence-corrected chi connectivity index (χ0v) is 19.7. The summed E-state index contributed by atoms with van der Waals surface area (Å²) in [5, 5.41) is 10.5. The van der Waals surface area contributed by atoms with E-state index < -0.39 is 11.4 Å². The van der Waals surface area contributed by atoms with Gasteiger partial charge in [-0.05, 0) is 71.6 Å². The van der Waals surface area contributed by atoms with Crippen molar-refractivity contribution in [1.82, 2.24) is 9.55 Å². The summed E-state index contributed by atoms with van der Waals surface area (Å²) in [5.41, 5.74) is 3.49. The summed E-state index contributed by atoms with van der Waals surface area (Å²) in [7, 11) is 0. The van der Waals surface area contributed by atoms with Gasteiger partial charge in [0.25, 0.3) is 0 Å². The summed E-state index contributed by atoms with van der Waals surface area (Å²) in [6.07, 6.45) is 3.78. The van der Waals surface area contributed by atoms with Crippen LogP contribution < -0.4 is 10.3 Å². The molecule has 0 bridgehead atoms. The molecule has 1 saturated heterocycles. The third kappa shape index (κ3) is 3.73. The summed E-state index contributed by atoms with van der Waals surface area (Å²) in [4.78, 5) is 31.1. The Balaban J connectivity index is 1.69. The van der Waals surface area contributed by atoms with E-state index >= 15 is 0 Å². The number of nitrogens with zero attached hydrogens (tertiary/aromatic N) is 3. The summed E-state index contributed by atoms with van der Waals surface area (Å²) in [6.45, 7) is 4.02. The molecule has 1 N–H and O–H groups in total. The fourth-order valence-corrected chi connectivity index (χ4v) is 5.68. The Hall–Kier alpha value is -2.97. The lowest BCUT2D eigenvalue weighted by molar-refractivity contribution is 0.0695. The number of pyridine rings is 1. The number of carboxylic acid groups (broad SMARTS) is 1. The molecule has 162 valence electrons. The van der Waals surface area contributed by atoms with Gasteiger partial charge in [-0.25, -0.2) is 9.78 Å². The molecular formula is C24H20BrN3O3S. The highest BCUT2D eigenvalue weighted by atomic mass is 79.9. The van der Waals surface area contributed by atoms with Crippen LogP contribution in [0.4, 0.5) is 5.69 Å². The molecule has 0 saturated carbocycles. The van der Waals surface area contributed by atoms with Crippen molar-refractivity contribution >= 4 is 49.1 Å². The second-order valence-corrected chi connectivity index (χ2v) is 9.95. The van der Waals surface area contributed by atoms with E-state index in [-0.39, 0.29) is 5.56 Å². The minimum atomic E-state index is -1.24. The summed E-state index contributed by atoms with van der Waals surface area (Å²) in [5.74, 6) is -1.24. The maximum absolute atomic E-state index is 12.6. The predicted octanol–water partition coefficient (Wildman–Crippen LogP) is 5.48. The van der Waals surface area contributed by atoms with Gasteiger partial charge in [-0.3, -0.25) is 4.79 Å². The minimum absolute atomic E-state index is 0.262. The summed E-state index contributed by atoms with van der Waals surface area (Å²) in [6, 6.07) is 13.2. The van der Waals surface area contributed by atoms with Crippen molar-refractivity contribution in [3.05, 3.63) is 73.9 Å². The second kappa shape index (κ2) is 8.18. The minimum Gasteiger partial charge on any atom is -0.477 e. The number of halogens is 1. The quantitative estimate of drug-likeness (QED) is 0.394. The molecule has 0 aliphatic carbocycles. The number of carboxylic acids is 1. The second-order valence-electron chi connectivity index (χ2n) is 7.86. The van der Waals surface area contributed by atoms with Crippen LogP contribution in [0.2, 0.25) is 0 Å². The van der Waals surface area contributed by atoms with Gasteiger partial charge in [0.15, 0.2) is 5.43 Å². The lowest BCUT2D eigenvalue weighted by Gasteiger charge is -2.21. The van der Waals surface area contributed by atoms with Gasteiger partial charge in [-0.1, -0.05) is 6.07 Å². The molecule has 0 radical (unpaired) electrons. The Morgan fingerprint density at radius 1 is 1.12 bits per heavy atom. The molecule has 0 atom stereocenters. The normalized spacial score (nSPS) is 13.8. The van der Waals surface area contributed by atoms with Crippen LogP contribution in [0.25, 0.3) is 27.2 Å². The predicted molar refractivity (Wildman–Crippen MR) is 131 cm³/mol. The van der Waals surface area contributed by atoms with Crippen LogP contribution in [0.3, 0.4) is 0 Å². The number of aryl methyl sites for hydroxylation is 1. The molecule has 32 heavy (non-hydrogen) atoms. The van der Waals surface area contributed by atoms with Gasteiger partial charge in [0, 0.05) is 35.5 Å². The number of thiazole rings is 1. The van der Waals surface area contributed by atoms with E-state index in [9.17, 15) is 14.7 Å². The number of hydrogen-bond acceptors (Lipinski definition) is 5. The van der Waals surface area contributed by atoms with Gasteiger partial charge in [0.1, 0.15) is 5.56 Å². The van der Waals surface area contributed by atoms with Gasteiger partial charge in [0.05, 0.1) is 26.6 Å². The third-order valence-corrected chi connectivity index (χ3v) is 7.30. The highest BCUT2D eigenvalue weighted by Gasteiger charge is 2.18. The number of hydrogen-bond donors (Lipinski definition) is 1. The lowest BCUT2D eigenvalue weighted by atomic mass is 10.1. The number of aromatic nitrogens is 2. The van der Waals surface area contributed by atoms with Gasteiger partial charge in [-0.2, -0.15) is 0 Å². The zero-order valence-electron chi connectivity index (χ0n) is 17.3. The molecule has 0 spiro atoms. The fourth-order valence-electron chi connectivity index (χ4n) is 4.19. The lowest BCUT2D eigenvalue weighted by Crippen LogP contribution is -2.19. The average Bonchev–Trinajstić information content (AvgIpc) is 3.41. The molecule has 2 aromatic heterocycles. The van der Waals surface area contributed by atoms with Gasteiger partial charge in [0.2, 0.25) is 0 Å². The SMILES string of the molecule is Cc1nc2ccc(-n3cc(C(=O)O)c(=O)cc3-c3ccc(N4CCCC4)c(Br)c3)cc2s1. The Bertz CT molecular complexity index is 1420. The molecule has 4 aromatic rings. The number of anilines is 1. The first-order chi connectivity index (χ1) is 15.4. The molecular weight excluding hydrogens is 490 g/mol. The van der Waals surface area contributed by atoms with Crippen LogP contribution in [-0.2, 0) is 0 Å². The number of fused-ring (bicyclic) bond motifs is 1. The maximum atomic E-state index is 12.6. The van der Waals surface area contributed by atoms with Gasteiger partial charge in [-0.15, -0.1) is 11.3 Å². The van der Waals surface area contributed by atoms with E-state index in [1.54, 1.807) is 15.9 Å². The summed E-state index contributed by atoms with van der Waals surface area (Å²) >= 11 is 5.28. The van der Waals surface area contributed by atoms with E-state index in [1.165, 1.54) is 25.1 Å². The van der Waals surface area contributed by atoms with E-state index in [0.29, 0.717) is 5.69 Å². The number of rotatable bonds is 4. The highest BCUT2D eigenvalue weighted by molar-refractivity contribution is 9.10. The molecule has 6 nitrogen and oxygen atoms in total. The van der Waals surface area contributed by atoms with Crippen molar-refractivity contribution in [2.24, 2.45) is 0 Å². The van der Waals surface area contributed by atoms with Gasteiger partial charge >= 0.3 is 5.97 Å².